The number of methoxy groups -OCH3 is 3. The van der Waals surface area contributed by atoms with Gasteiger partial charge < -0.3 is 14.2 Å². The predicted molar refractivity (Wildman–Crippen MR) is 114 cm³/mol. The lowest BCUT2D eigenvalue weighted by atomic mass is 10.1. The molecule has 162 valence electrons. The lowest BCUT2D eigenvalue weighted by Gasteiger charge is -1.99. The second-order valence-corrected chi connectivity index (χ2v) is 7.01. The highest BCUT2D eigenvalue weighted by atomic mass is 79.9. The molecule has 2 rings (SSSR count). The van der Waals surface area contributed by atoms with E-state index in [1.165, 1.54) is 34.4 Å². The number of halogens is 2. The molecule has 0 bridgehead atoms. The summed E-state index contributed by atoms with van der Waals surface area (Å²) in [5.41, 5.74) is 1.03. The number of carbonyl (C=O) groups is 4. The van der Waals surface area contributed by atoms with Gasteiger partial charge >= 0.3 is 12.1 Å². The molecule has 0 atom stereocenters. The van der Waals surface area contributed by atoms with Gasteiger partial charge in [-0.2, -0.15) is 0 Å². The molecule has 30 heavy (non-hydrogen) atoms. The fraction of sp³-hybridized carbons (Fsp3) is 0.263. The maximum Gasteiger partial charge on any atom is 0.507 e. The van der Waals surface area contributed by atoms with Crippen LogP contribution in [0.4, 0.5) is 4.79 Å². The maximum atomic E-state index is 11.4. The number of ketones is 2. The van der Waals surface area contributed by atoms with Crippen molar-refractivity contribution in [3.05, 3.63) is 57.0 Å². The molecule has 0 radical (unpaired) electrons. The quantitative estimate of drug-likeness (QED) is 0.317. The van der Waals surface area contributed by atoms with Crippen molar-refractivity contribution >= 4 is 55.6 Å². The SMILES string of the molecule is CC(=O)c1cncc(Br)c1.COC(=O)CC(=O)c1cncc(Br)c1.COC(=O)OC. The van der Waals surface area contributed by atoms with Crippen molar-refractivity contribution in [2.24, 2.45) is 0 Å². The zero-order valence-corrected chi connectivity index (χ0v) is 19.9. The summed E-state index contributed by atoms with van der Waals surface area (Å²) in [4.78, 5) is 50.3. The summed E-state index contributed by atoms with van der Waals surface area (Å²) in [5.74, 6) is -0.811. The number of Topliss-reactive ketones (excluding diaryl/α,β-unsaturated/α-hetero) is 2. The minimum Gasteiger partial charge on any atom is -0.469 e. The van der Waals surface area contributed by atoms with Crippen LogP contribution < -0.4 is 0 Å². The first-order valence-corrected chi connectivity index (χ1v) is 9.67. The third kappa shape index (κ3) is 12.0. The van der Waals surface area contributed by atoms with E-state index in [4.69, 9.17) is 0 Å². The van der Waals surface area contributed by atoms with Gasteiger partial charge in [-0.1, -0.05) is 0 Å². The number of carbonyl (C=O) groups excluding carboxylic acids is 4. The predicted octanol–water partition coefficient (Wildman–Crippen LogP) is 4.04. The highest BCUT2D eigenvalue weighted by Gasteiger charge is 2.12. The van der Waals surface area contributed by atoms with Crippen LogP contribution in [0, 0.1) is 0 Å². The molecule has 0 aromatic carbocycles. The molecule has 0 aliphatic heterocycles. The Morgan fingerprint density at radius 1 is 0.800 bits per heavy atom. The fourth-order valence-corrected chi connectivity index (χ4v) is 2.29. The summed E-state index contributed by atoms with van der Waals surface area (Å²) in [6, 6.07) is 3.35. The molecule has 2 heterocycles. The molecule has 0 N–H and O–H groups in total. The van der Waals surface area contributed by atoms with E-state index in [0.717, 1.165) is 4.47 Å². The van der Waals surface area contributed by atoms with E-state index in [0.29, 0.717) is 15.6 Å². The second-order valence-electron chi connectivity index (χ2n) is 5.17. The fourth-order valence-electron chi connectivity index (χ4n) is 1.56. The third-order valence-electron chi connectivity index (χ3n) is 3.00. The Labute approximate surface area is 190 Å². The molecule has 0 aliphatic rings. The number of ether oxygens (including phenoxy) is 3. The Kier molecular flexibility index (Phi) is 13.9. The average molecular weight is 548 g/mol. The highest BCUT2D eigenvalue weighted by Crippen LogP contribution is 2.11. The van der Waals surface area contributed by atoms with E-state index >= 15 is 0 Å². The number of nitrogens with zero attached hydrogens (tertiary/aromatic N) is 2. The Morgan fingerprint density at radius 2 is 1.27 bits per heavy atom. The lowest BCUT2D eigenvalue weighted by molar-refractivity contribution is -0.139. The first kappa shape index (κ1) is 27.3. The van der Waals surface area contributed by atoms with Crippen LogP contribution in [-0.4, -0.2) is 55.0 Å². The third-order valence-corrected chi connectivity index (χ3v) is 3.87. The van der Waals surface area contributed by atoms with Crippen LogP contribution in [0.25, 0.3) is 0 Å². The Bertz CT molecular complexity index is 869. The molecule has 0 fully saturated rings. The van der Waals surface area contributed by atoms with Gasteiger partial charge in [-0.25, -0.2) is 4.79 Å². The van der Waals surface area contributed by atoms with Gasteiger partial charge in [0.1, 0.15) is 6.42 Å². The topological polar surface area (TPSA) is 122 Å². The Morgan fingerprint density at radius 3 is 1.60 bits per heavy atom. The normalized spacial score (nSPS) is 9.00. The maximum absolute atomic E-state index is 11.4. The molecular formula is C19H20Br2N2O7. The van der Waals surface area contributed by atoms with Crippen molar-refractivity contribution in [2.75, 3.05) is 21.3 Å². The number of esters is 1. The van der Waals surface area contributed by atoms with Gasteiger partial charge in [0.25, 0.3) is 0 Å². The number of pyridine rings is 2. The standard InChI is InChI=1S/C9H8BrNO3.C7H6BrNO.C3H6O3/c1-14-9(13)3-8(12)6-2-7(10)5-11-4-6;1-5(10)6-2-7(8)4-9-3-6;1-5-3(4)6-2/h2,4-5H,3H2,1H3;2-4H,1H3;1-2H3. The van der Waals surface area contributed by atoms with Crippen LogP contribution >= 0.6 is 31.9 Å². The highest BCUT2D eigenvalue weighted by molar-refractivity contribution is 9.10. The molecule has 9 nitrogen and oxygen atoms in total. The van der Waals surface area contributed by atoms with Crippen LogP contribution in [0.15, 0.2) is 45.9 Å². The molecular weight excluding hydrogens is 528 g/mol. The van der Waals surface area contributed by atoms with Crippen molar-refractivity contribution in [1.29, 1.82) is 0 Å². The van der Waals surface area contributed by atoms with Crippen molar-refractivity contribution in [2.45, 2.75) is 13.3 Å². The number of rotatable bonds is 4. The number of hydrogen-bond donors (Lipinski definition) is 0. The van der Waals surface area contributed by atoms with Gasteiger partial charge in [0.2, 0.25) is 0 Å². The molecule has 0 spiro atoms. The van der Waals surface area contributed by atoms with E-state index in [1.807, 2.05) is 0 Å². The van der Waals surface area contributed by atoms with Crippen LogP contribution in [0.3, 0.4) is 0 Å². The summed E-state index contributed by atoms with van der Waals surface area (Å²) < 4.78 is 14.0. The van der Waals surface area contributed by atoms with Crippen molar-refractivity contribution in [3.63, 3.8) is 0 Å². The minimum absolute atomic E-state index is 0.0359. The van der Waals surface area contributed by atoms with E-state index in [-0.39, 0.29) is 18.0 Å². The zero-order chi connectivity index (χ0) is 23.1. The number of aromatic nitrogens is 2. The van der Waals surface area contributed by atoms with Crippen molar-refractivity contribution < 1.29 is 33.4 Å². The van der Waals surface area contributed by atoms with Crippen LogP contribution in [-0.2, 0) is 19.0 Å². The monoisotopic (exact) mass is 546 g/mol. The molecule has 0 unspecified atom stereocenters. The van der Waals surface area contributed by atoms with E-state index in [9.17, 15) is 19.2 Å². The van der Waals surface area contributed by atoms with Gasteiger partial charge in [-0.15, -0.1) is 0 Å². The summed E-state index contributed by atoms with van der Waals surface area (Å²) in [5, 5.41) is 0. The van der Waals surface area contributed by atoms with E-state index < -0.39 is 12.1 Å². The molecule has 0 amide bonds. The van der Waals surface area contributed by atoms with E-state index in [2.05, 4.69) is 56.0 Å². The Balaban J connectivity index is 0.000000459. The second kappa shape index (κ2) is 15.2. The average Bonchev–Trinajstić information content (AvgIpc) is 2.73. The van der Waals surface area contributed by atoms with E-state index in [1.54, 1.807) is 30.7 Å². The van der Waals surface area contributed by atoms with Gasteiger partial charge in [-0.05, 0) is 50.9 Å². The smallest absolute Gasteiger partial charge is 0.469 e. The molecule has 11 heteroatoms. The van der Waals surface area contributed by atoms with Gasteiger partial charge in [0.05, 0.1) is 21.3 Å². The first-order valence-electron chi connectivity index (χ1n) is 8.08. The van der Waals surface area contributed by atoms with Gasteiger partial charge in [0.15, 0.2) is 11.6 Å². The lowest BCUT2D eigenvalue weighted by Crippen LogP contribution is -2.09. The van der Waals surface area contributed by atoms with Crippen LogP contribution in [0.2, 0.25) is 0 Å². The first-order chi connectivity index (χ1) is 14.1. The summed E-state index contributed by atoms with van der Waals surface area (Å²) in [6.45, 7) is 1.52. The number of hydrogen-bond acceptors (Lipinski definition) is 9. The molecule has 0 saturated carbocycles. The summed E-state index contributed by atoms with van der Waals surface area (Å²) >= 11 is 6.40. The van der Waals surface area contributed by atoms with Gasteiger partial charge in [0, 0.05) is 44.9 Å². The minimum atomic E-state index is -0.657. The molecule has 0 saturated heterocycles. The summed E-state index contributed by atoms with van der Waals surface area (Å²) in [7, 11) is 3.76. The molecule has 2 aromatic rings. The van der Waals surface area contributed by atoms with Gasteiger partial charge in [-0.3, -0.25) is 24.4 Å². The van der Waals surface area contributed by atoms with Crippen LogP contribution in [0.5, 0.6) is 0 Å². The zero-order valence-electron chi connectivity index (χ0n) is 16.7. The van der Waals surface area contributed by atoms with Crippen LogP contribution in [0.1, 0.15) is 34.1 Å². The Hall–Kier alpha value is -2.66. The van der Waals surface area contributed by atoms with Crippen molar-refractivity contribution in [3.8, 4) is 0 Å². The largest absolute Gasteiger partial charge is 0.507 e. The molecule has 0 aliphatic carbocycles. The summed E-state index contributed by atoms with van der Waals surface area (Å²) in [6.07, 6.45) is 5.26. The van der Waals surface area contributed by atoms with Crippen molar-refractivity contribution in [1.82, 2.24) is 9.97 Å². The molecule has 2 aromatic heterocycles.